The van der Waals surface area contributed by atoms with Crippen LogP contribution in [-0.4, -0.2) is 28.9 Å². The van der Waals surface area contributed by atoms with Gasteiger partial charge in [-0.05, 0) is 37.1 Å². The average molecular weight is 295 g/mol. The van der Waals surface area contributed by atoms with Gasteiger partial charge in [0.1, 0.15) is 0 Å². The van der Waals surface area contributed by atoms with Gasteiger partial charge in [0, 0.05) is 11.9 Å². The molecular weight excluding hydrogens is 274 g/mol. The lowest BCUT2D eigenvalue weighted by molar-refractivity contribution is -0.149. The topological polar surface area (TPSA) is 57.6 Å². The average Bonchev–Trinajstić information content (AvgIpc) is 3.04. The summed E-state index contributed by atoms with van der Waals surface area (Å²) in [5.41, 5.74) is 0. The van der Waals surface area contributed by atoms with Crippen molar-refractivity contribution >= 4 is 23.2 Å². The van der Waals surface area contributed by atoms with Crippen molar-refractivity contribution in [3.8, 4) is 0 Å². The first-order valence-corrected chi connectivity index (χ1v) is 7.82. The standard InChI is InChI=1S/C15H21NO3S/c1-9-7-11(12(8-9)15(18)19)14(17)16(3)10(2)13-5-4-6-20-13/h4-6,9-12H,7-8H2,1-3H3,(H,18,19)/t9?,10?,11-,12+/m0/s1. The maximum Gasteiger partial charge on any atom is 0.307 e. The van der Waals surface area contributed by atoms with Gasteiger partial charge in [-0.25, -0.2) is 0 Å². The minimum atomic E-state index is -0.843. The van der Waals surface area contributed by atoms with Crippen LogP contribution in [0.1, 0.15) is 37.6 Å². The summed E-state index contributed by atoms with van der Waals surface area (Å²) in [7, 11) is 1.77. The van der Waals surface area contributed by atoms with Crippen LogP contribution in [0.5, 0.6) is 0 Å². The molecule has 1 aromatic rings. The van der Waals surface area contributed by atoms with Crippen LogP contribution in [0.2, 0.25) is 0 Å². The van der Waals surface area contributed by atoms with Crippen molar-refractivity contribution in [2.24, 2.45) is 17.8 Å². The normalized spacial score (nSPS) is 27.2. The van der Waals surface area contributed by atoms with Crippen molar-refractivity contribution in [2.45, 2.75) is 32.7 Å². The molecule has 1 aliphatic carbocycles. The number of hydrogen-bond donors (Lipinski definition) is 1. The third-order valence-electron chi connectivity index (χ3n) is 4.32. The second kappa shape index (κ2) is 5.95. The number of carbonyl (C=O) groups excluding carboxylic acids is 1. The summed E-state index contributed by atoms with van der Waals surface area (Å²) in [6, 6.07) is 3.96. The second-order valence-electron chi connectivity index (χ2n) is 5.77. The number of carbonyl (C=O) groups is 2. The summed E-state index contributed by atoms with van der Waals surface area (Å²) in [5, 5.41) is 11.3. The van der Waals surface area contributed by atoms with Crippen molar-refractivity contribution in [3.63, 3.8) is 0 Å². The first kappa shape index (κ1) is 15.0. The number of thiophene rings is 1. The Morgan fingerprint density at radius 2 is 2.05 bits per heavy atom. The van der Waals surface area contributed by atoms with Crippen LogP contribution in [0.15, 0.2) is 17.5 Å². The predicted molar refractivity (Wildman–Crippen MR) is 78.5 cm³/mol. The number of rotatable bonds is 4. The monoisotopic (exact) mass is 295 g/mol. The Hall–Kier alpha value is -1.36. The van der Waals surface area contributed by atoms with Crippen molar-refractivity contribution in [1.82, 2.24) is 4.90 Å². The SMILES string of the molecule is CC1C[C@H](C(=O)N(C)C(C)c2cccs2)[C@H](C(=O)O)C1. The molecule has 4 nitrogen and oxygen atoms in total. The molecule has 0 saturated heterocycles. The van der Waals surface area contributed by atoms with Crippen molar-refractivity contribution in [3.05, 3.63) is 22.4 Å². The van der Waals surface area contributed by atoms with Gasteiger partial charge in [-0.3, -0.25) is 9.59 Å². The van der Waals surface area contributed by atoms with Crippen LogP contribution in [0.25, 0.3) is 0 Å². The lowest BCUT2D eigenvalue weighted by atomic mass is 9.94. The van der Waals surface area contributed by atoms with E-state index in [0.29, 0.717) is 18.8 Å². The Bertz CT molecular complexity index is 485. The van der Waals surface area contributed by atoms with Crippen LogP contribution in [-0.2, 0) is 9.59 Å². The zero-order valence-corrected chi connectivity index (χ0v) is 12.9. The fourth-order valence-corrected chi connectivity index (χ4v) is 3.84. The van der Waals surface area contributed by atoms with E-state index in [-0.39, 0.29) is 17.9 Å². The number of carboxylic acids is 1. The Balaban J connectivity index is 2.12. The maximum absolute atomic E-state index is 12.6. The minimum absolute atomic E-state index is 0.00662. The quantitative estimate of drug-likeness (QED) is 0.929. The summed E-state index contributed by atoms with van der Waals surface area (Å²) in [5.74, 6) is -1.49. The highest BCUT2D eigenvalue weighted by Gasteiger charge is 2.42. The molecule has 0 spiro atoms. The summed E-state index contributed by atoms with van der Waals surface area (Å²) in [6.07, 6.45) is 1.28. The Morgan fingerprint density at radius 3 is 2.60 bits per heavy atom. The van der Waals surface area contributed by atoms with Gasteiger partial charge in [-0.2, -0.15) is 0 Å². The molecule has 1 N–H and O–H groups in total. The van der Waals surface area contributed by atoms with Crippen LogP contribution in [0.3, 0.4) is 0 Å². The van der Waals surface area contributed by atoms with Crippen LogP contribution in [0.4, 0.5) is 0 Å². The van der Waals surface area contributed by atoms with E-state index in [0.717, 1.165) is 4.88 Å². The highest BCUT2D eigenvalue weighted by Crippen LogP contribution is 2.38. The molecule has 1 amide bonds. The van der Waals surface area contributed by atoms with Crippen molar-refractivity contribution < 1.29 is 14.7 Å². The molecule has 1 aliphatic rings. The van der Waals surface area contributed by atoms with Gasteiger partial charge in [-0.1, -0.05) is 13.0 Å². The summed E-state index contributed by atoms with van der Waals surface area (Å²) in [6.45, 7) is 4.00. The van der Waals surface area contributed by atoms with E-state index < -0.39 is 11.9 Å². The van der Waals surface area contributed by atoms with Crippen LogP contribution >= 0.6 is 11.3 Å². The first-order valence-electron chi connectivity index (χ1n) is 6.94. The molecule has 0 aromatic carbocycles. The van der Waals surface area contributed by atoms with E-state index in [1.807, 2.05) is 31.4 Å². The molecule has 5 heteroatoms. The molecule has 1 aromatic heterocycles. The van der Waals surface area contributed by atoms with Gasteiger partial charge < -0.3 is 10.0 Å². The van der Waals surface area contributed by atoms with E-state index >= 15 is 0 Å². The lowest BCUT2D eigenvalue weighted by Gasteiger charge is -2.28. The third-order valence-corrected chi connectivity index (χ3v) is 5.36. The van der Waals surface area contributed by atoms with Crippen LogP contribution < -0.4 is 0 Å². The number of aliphatic carboxylic acids is 1. The molecule has 0 radical (unpaired) electrons. The Labute approximate surface area is 123 Å². The minimum Gasteiger partial charge on any atom is -0.481 e. The van der Waals surface area contributed by atoms with Crippen molar-refractivity contribution in [1.29, 1.82) is 0 Å². The van der Waals surface area contributed by atoms with Gasteiger partial charge >= 0.3 is 5.97 Å². The third kappa shape index (κ3) is 2.87. The predicted octanol–water partition coefficient (Wildman–Crippen LogP) is 3.01. The fourth-order valence-electron chi connectivity index (χ4n) is 3.01. The van der Waals surface area contributed by atoms with E-state index in [9.17, 15) is 14.7 Å². The molecule has 1 heterocycles. The summed E-state index contributed by atoms with van der Waals surface area (Å²) in [4.78, 5) is 26.7. The molecule has 0 aliphatic heterocycles. The van der Waals surface area contributed by atoms with Gasteiger partial charge in [0.25, 0.3) is 0 Å². The van der Waals surface area contributed by atoms with Gasteiger partial charge in [0.15, 0.2) is 0 Å². The molecule has 4 atom stereocenters. The van der Waals surface area contributed by atoms with E-state index in [1.54, 1.807) is 23.3 Å². The van der Waals surface area contributed by atoms with Crippen LogP contribution in [0, 0.1) is 17.8 Å². The largest absolute Gasteiger partial charge is 0.481 e. The molecule has 0 bridgehead atoms. The Kier molecular flexibility index (Phi) is 4.48. The second-order valence-corrected chi connectivity index (χ2v) is 6.75. The maximum atomic E-state index is 12.6. The van der Waals surface area contributed by atoms with Gasteiger partial charge in [0.2, 0.25) is 5.91 Å². The molecule has 2 unspecified atom stereocenters. The highest BCUT2D eigenvalue weighted by molar-refractivity contribution is 7.10. The highest BCUT2D eigenvalue weighted by atomic mass is 32.1. The number of nitrogens with zero attached hydrogens (tertiary/aromatic N) is 1. The number of amides is 1. The molecule has 1 saturated carbocycles. The summed E-state index contributed by atoms with van der Waals surface area (Å²) >= 11 is 1.62. The summed E-state index contributed by atoms with van der Waals surface area (Å²) < 4.78 is 0. The van der Waals surface area contributed by atoms with E-state index in [2.05, 4.69) is 0 Å². The first-order chi connectivity index (χ1) is 9.41. The zero-order valence-electron chi connectivity index (χ0n) is 12.1. The number of carboxylic acid groups (broad SMARTS) is 1. The molecular formula is C15H21NO3S. The molecule has 110 valence electrons. The molecule has 1 fully saturated rings. The van der Waals surface area contributed by atoms with Crippen molar-refractivity contribution in [2.75, 3.05) is 7.05 Å². The zero-order chi connectivity index (χ0) is 14.9. The Morgan fingerprint density at radius 1 is 1.40 bits per heavy atom. The van der Waals surface area contributed by atoms with E-state index in [1.165, 1.54) is 0 Å². The lowest BCUT2D eigenvalue weighted by Crippen LogP contribution is -2.38. The number of hydrogen-bond acceptors (Lipinski definition) is 3. The van der Waals surface area contributed by atoms with Gasteiger partial charge in [0.05, 0.1) is 17.9 Å². The smallest absolute Gasteiger partial charge is 0.307 e. The molecule has 2 rings (SSSR count). The fraction of sp³-hybridized carbons (Fsp3) is 0.600. The van der Waals surface area contributed by atoms with E-state index in [4.69, 9.17) is 0 Å². The molecule has 20 heavy (non-hydrogen) atoms. The van der Waals surface area contributed by atoms with Gasteiger partial charge in [-0.15, -0.1) is 11.3 Å².